The molecule has 5 heteroatoms. The van der Waals surface area contributed by atoms with E-state index in [1.165, 1.54) is 42.4 Å². The van der Waals surface area contributed by atoms with Crippen molar-refractivity contribution in [2.75, 3.05) is 20.8 Å². The highest BCUT2D eigenvalue weighted by molar-refractivity contribution is 7.80. The number of hydrogen-bond acceptors (Lipinski definition) is 3. The van der Waals surface area contributed by atoms with Gasteiger partial charge in [-0.05, 0) is 78.6 Å². The molecule has 0 amide bonds. The van der Waals surface area contributed by atoms with Crippen LogP contribution in [0.5, 0.6) is 11.5 Å². The normalized spacial score (nSPS) is 26.9. The quantitative estimate of drug-likeness (QED) is 0.722. The third-order valence-electron chi connectivity index (χ3n) is 7.30. The molecule has 5 rings (SSSR count). The largest absolute Gasteiger partial charge is 0.493 e. The number of fused-ring (bicyclic) bond motifs is 3. The lowest BCUT2D eigenvalue weighted by atomic mass is 9.88. The maximum Gasteiger partial charge on any atom is 0.169 e. The summed E-state index contributed by atoms with van der Waals surface area (Å²) in [6.45, 7) is 0.898. The molecule has 3 aliphatic rings. The zero-order chi connectivity index (χ0) is 20.7. The first-order valence-corrected chi connectivity index (χ1v) is 11.5. The number of benzene rings is 2. The summed E-state index contributed by atoms with van der Waals surface area (Å²) in [5.41, 5.74) is 3.81. The first kappa shape index (κ1) is 19.7. The van der Waals surface area contributed by atoms with Gasteiger partial charge in [0.25, 0.3) is 0 Å². The van der Waals surface area contributed by atoms with Gasteiger partial charge in [0, 0.05) is 12.6 Å². The molecule has 1 aliphatic heterocycles. The van der Waals surface area contributed by atoms with Gasteiger partial charge < -0.3 is 19.7 Å². The Hall–Kier alpha value is -2.27. The SMILES string of the molecule is COc1cc2c(cc1OC)[C@H](c1ccccc1)N(C(=S)N[C@@H]1C[C@H]3CC[C@H]1C3)CC2. The molecule has 0 radical (unpaired) electrons. The van der Waals surface area contributed by atoms with Crippen molar-refractivity contribution in [3.8, 4) is 11.5 Å². The van der Waals surface area contributed by atoms with Crippen LogP contribution in [-0.2, 0) is 6.42 Å². The summed E-state index contributed by atoms with van der Waals surface area (Å²) in [4.78, 5) is 2.38. The highest BCUT2D eigenvalue weighted by atomic mass is 32.1. The number of rotatable bonds is 4. The Labute approximate surface area is 184 Å². The van der Waals surface area contributed by atoms with E-state index in [0.29, 0.717) is 6.04 Å². The molecule has 0 unspecified atom stereocenters. The molecule has 2 fully saturated rings. The molecular formula is C25H30N2O2S. The summed E-state index contributed by atoms with van der Waals surface area (Å²) in [7, 11) is 3.39. The van der Waals surface area contributed by atoms with Crippen molar-refractivity contribution in [1.29, 1.82) is 0 Å². The van der Waals surface area contributed by atoms with Crippen molar-refractivity contribution in [1.82, 2.24) is 10.2 Å². The molecule has 2 aromatic carbocycles. The summed E-state index contributed by atoms with van der Waals surface area (Å²) < 4.78 is 11.2. The maximum absolute atomic E-state index is 6.00. The minimum Gasteiger partial charge on any atom is -0.493 e. The van der Waals surface area contributed by atoms with Gasteiger partial charge in [-0.15, -0.1) is 0 Å². The predicted octanol–water partition coefficient (Wildman–Crippen LogP) is 4.71. The van der Waals surface area contributed by atoms with Gasteiger partial charge in [0.2, 0.25) is 0 Å². The lowest BCUT2D eigenvalue weighted by Crippen LogP contribution is -2.50. The predicted molar refractivity (Wildman–Crippen MR) is 123 cm³/mol. The van der Waals surface area contributed by atoms with Crippen molar-refractivity contribution < 1.29 is 9.47 Å². The van der Waals surface area contributed by atoms with Gasteiger partial charge in [-0.1, -0.05) is 36.8 Å². The first-order chi connectivity index (χ1) is 14.7. The van der Waals surface area contributed by atoms with E-state index in [0.717, 1.165) is 41.4 Å². The van der Waals surface area contributed by atoms with Crippen LogP contribution in [0.3, 0.4) is 0 Å². The molecule has 0 spiro atoms. The molecule has 30 heavy (non-hydrogen) atoms. The van der Waals surface area contributed by atoms with E-state index < -0.39 is 0 Å². The van der Waals surface area contributed by atoms with Crippen molar-refractivity contribution in [3.05, 3.63) is 59.2 Å². The van der Waals surface area contributed by atoms with Crippen molar-refractivity contribution in [3.63, 3.8) is 0 Å². The molecule has 4 nitrogen and oxygen atoms in total. The van der Waals surface area contributed by atoms with Gasteiger partial charge in [0.05, 0.1) is 20.3 Å². The Morgan fingerprint density at radius 1 is 1.03 bits per heavy atom. The van der Waals surface area contributed by atoms with Gasteiger partial charge in [0.15, 0.2) is 16.6 Å². The lowest BCUT2D eigenvalue weighted by Gasteiger charge is -2.41. The van der Waals surface area contributed by atoms with Crippen LogP contribution in [0, 0.1) is 11.8 Å². The van der Waals surface area contributed by atoms with Crippen LogP contribution in [0.25, 0.3) is 0 Å². The van der Waals surface area contributed by atoms with Crippen molar-refractivity contribution >= 4 is 17.3 Å². The number of thiocarbonyl (C=S) groups is 1. The van der Waals surface area contributed by atoms with Crippen LogP contribution in [0.4, 0.5) is 0 Å². The van der Waals surface area contributed by atoms with E-state index in [2.05, 4.69) is 52.7 Å². The summed E-state index contributed by atoms with van der Waals surface area (Å²) in [6.07, 6.45) is 6.35. The fraction of sp³-hybridized carbons (Fsp3) is 0.480. The van der Waals surface area contributed by atoms with E-state index in [-0.39, 0.29) is 6.04 Å². The second-order valence-electron chi connectivity index (χ2n) is 8.89. The molecule has 0 saturated heterocycles. The molecule has 2 bridgehead atoms. The Balaban J connectivity index is 1.49. The van der Waals surface area contributed by atoms with Crippen LogP contribution in [-0.4, -0.2) is 36.8 Å². The number of nitrogens with zero attached hydrogens (tertiary/aromatic N) is 1. The smallest absolute Gasteiger partial charge is 0.169 e. The fourth-order valence-electron chi connectivity index (χ4n) is 5.82. The number of methoxy groups -OCH3 is 2. The standard InChI is InChI=1S/C25H30N2O2S/c1-28-22-14-18-10-11-27(25(30)26-21-13-16-8-9-19(21)12-16)24(17-6-4-3-5-7-17)20(18)15-23(22)29-2/h3-7,14-16,19,21,24H,8-13H2,1-2H3,(H,26,30)/t16-,19-,21+,24-/m0/s1. The molecule has 2 aromatic rings. The second-order valence-corrected chi connectivity index (χ2v) is 9.28. The van der Waals surface area contributed by atoms with Gasteiger partial charge in [-0.3, -0.25) is 0 Å². The monoisotopic (exact) mass is 422 g/mol. The summed E-state index contributed by atoms with van der Waals surface area (Å²) in [5.74, 6) is 3.26. The Morgan fingerprint density at radius 2 is 1.80 bits per heavy atom. The first-order valence-electron chi connectivity index (χ1n) is 11.0. The lowest BCUT2D eigenvalue weighted by molar-refractivity contribution is 0.309. The molecule has 1 heterocycles. The van der Waals surface area contributed by atoms with E-state index in [4.69, 9.17) is 21.7 Å². The summed E-state index contributed by atoms with van der Waals surface area (Å²) in [5, 5.41) is 4.65. The topological polar surface area (TPSA) is 33.7 Å². The molecule has 2 saturated carbocycles. The van der Waals surface area contributed by atoms with Gasteiger partial charge in [0.1, 0.15) is 0 Å². The van der Waals surface area contributed by atoms with Crippen LogP contribution in [0.15, 0.2) is 42.5 Å². The Kier molecular flexibility index (Phi) is 5.32. The summed E-state index contributed by atoms with van der Waals surface area (Å²) >= 11 is 6.00. The molecule has 0 aromatic heterocycles. The van der Waals surface area contributed by atoms with E-state index in [1.807, 2.05) is 0 Å². The molecular weight excluding hydrogens is 392 g/mol. The van der Waals surface area contributed by atoms with Gasteiger partial charge in [-0.25, -0.2) is 0 Å². The number of nitrogens with one attached hydrogen (secondary N) is 1. The average molecular weight is 423 g/mol. The highest BCUT2D eigenvalue weighted by Gasteiger charge is 2.41. The Bertz CT molecular complexity index is 932. The van der Waals surface area contributed by atoms with Crippen LogP contribution in [0.1, 0.15) is 48.4 Å². The van der Waals surface area contributed by atoms with Crippen LogP contribution < -0.4 is 14.8 Å². The van der Waals surface area contributed by atoms with E-state index >= 15 is 0 Å². The molecule has 1 N–H and O–H groups in total. The zero-order valence-electron chi connectivity index (χ0n) is 17.8. The Morgan fingerprint density at radius 3 is 2.47 bits per heavy atom. The van der Waals surface area contributed by atoms with E-state index in [9.17, 15) is 0 Å². The van der Waals surface area contributed by atoms with Gasteiger partial charge in [-0.2, -0.15) is 0 Å². The molecule has 2 aliphatic carbocycles. The van der Waals surface area contributed by atoms with Crippen LogP contribution in [0.2, 0.25) is 0 Å². The third-order valence-corrected chi connectivity index (χ3v) is 7.65. The maximum atomic E-state index is 6.00. The number of ether oxygens (including phenoxy) is 2. The summed E-state index contributed by atoms with van der Waals surface area (Å²) in [6, 6.07) is 15.6. The highest BCUT2D eigenvalue weighted by Crippen LogP contribution is 2.45. The van der Waals surface area contributed by atoms with E-state index in [1.54, 1.807) is 14.2 Å². The molecule has 4 atom stereocenters. The van der Waals surface area contributed by atoms with Gasteiger partial charge >= 0.3 is 0 Å². The van der Waals surface area contributed by atoms with Crippen molar-refractivity contribution in [2.24, 2.45) is 11.8 Å². The second kappa shape index (κ2) is 8.10. The third kappa shape index (κ3) is 3.43. The average Bonchev–Trinajstić information content (AvgIpc) is 3.41. The van der Waals surface area contributed by atoms with Crippen molar-refractivity contribution in [2.45, 2.75) is 44.2 Å². The minimum absolute atomic E-state index is 0.0772. The number of hydrogen-bond donors (Lipinski definition) is 1. The fourth-order valence-corrected chi connectivity index (χ4v) is 6.17. The molecule has 158 valence electrons. The zero-order valence-corrected chi connectivity index (χ0v) is 18.6. The van der Waals surface area contributed by atoms with Crippen LogP contribution >= 0.6 is 12.2 Å². The minimum atomic E-state index is 0.0772.